The Bertz CT molecular complexity index is 954. The van der Waals surface area contributed by atoms with Crippen LogP contribution in [0.4, 0.5) is 5.69 Å². The summed E-state index contributed by atoms with van der Waals surface area (Å²) in [7, 11) is 4.97. The number of imide groups is 1. The fourth-order valence-electron chi connectivity index (χ4n) is 2.53. The topological polar surface area (TPSA) is 103 Å². The Morgan fingerprint density at radius 1 is 1.23 bits per heavy atom. The van der Waals surface area contributed by atoms with E-state index in [1.165, 1.54) is 20.2 Å². The van der Waals surface area contributed by atoms with Crippen LogP contribution in [-0.4, -0.2) is 41.1 Å². The Balaban J connectivity index is 2.47. The molecule has 0 fully saturated rings. The van der Waals surface area contributed by atoms with Crippen molar-refractivity contribution >= 4 is 35.0 Å². The van der Waals surface area contributed by atoms with Crippen molar-refractivity contribution in [2.24, 2.45) is 14.1 Å². The predicted octanol–water partition coefficient (Wildman–Crippen LogP) is 0.0328. The van der Waals surface area contributed by atoms with Crippen molar-refractivity contribution in [1.82, 2.24) is 14.5 Å². The van der Waals surface area contributed by atoms with Gasteiger partial charge in [-0.2, -0.15) is 0 Å². The third-order valence-corrected chi connectivity index (χ3v) is 3.92. The van der Waals surface area contributed by atoms with Gasteiger partial charge in [0.1, 0.15) is 5.57 Å². The van der Waals surface area contributed by atoms with Crippen molar-refractivity contribution in [3.63, 3.8) is 0 Å². The first-order valence-electron chi connectivity index (χ1n) is 7.83. The van der Waals surface area contributed by atoms with Crippen LogP contribution in [-0.2, 0) is 33.2 Å². The highest BCUT2D eigenvalue weighted by Gasteiger charge is 2.20. The van der Waals surface area contributed by atoms with Crippen molar-refractivity contribution < 1.29 is 19.1 Å². The first-order chi connectivity index (χ1) is 12.3. The monoisotopic (exact) mass is 360 g/mol. The van der Waals surface area contributed by atoms with Crippen LogP contribution in [0.5, 0.6) is 0 Å². The van der Waals surface area contributed by atoms with Gasteiger partial charge in [0.25, 0.3) is 5.91 Å². The number of nitrogens with one attached hydrogen (secondary N) is 1. The number of amides is 2. The average Bonchev–Trinajstić information content (AvgIpc) is 2.83. The number of anilines is 1. The number of fused-ring (bicyclic) bond motifs is 1. The molecule has 0 radical (unpaired) electrons. The van der Waals surface area contributed by atoms with E-state index >= 15 is 0 Å². The van der Waals surface area contributed by atoms with E-state index in [1.54, 1.807) is 46.3 Å². The summed E-state index contributed by atoms with van der Waals surface area (Å²) >= 11 is 0. The van der Waals surface area contributed by atoms with Crippen LogP contribution in [0.25, 0.3) is 11.0 Å². The number of nitrogens with zero attached hydrogens (tertiary/aromatic N) is 3. The molecule has 26 heavy (non-hydrogen) atoms. The number of carbonyl (C=O) groups is 3. The summed E-state index contributed by atoms with van der Waals surface area (Å²) in [4.78, 5) is 48.0. The number of esters is 1. The number of hydrogen-bond donors (Lipinski definition) is 1. The zero-order valence-electron chi connectivity index (χ0n) is 15.0. The second-order valence-corrected chi connectivity index (χ2v) is 5.54. The van der Waals surface area contributed by atoms with E-state index in [0.717, 1.165) is 5.52 Å². The molecule has 0 unspecified atom stereocenters. The molecule has 0 spiro atoms. The number of ether oxygens (including phenoxy) is 1. The number of imidazole rings is 1. The summed E-state index contributed by atoms with van der Waals surface area (Å²) in [5.41, 5.74) is 1.61. The maximum absolute atomic E-state index is 12.0. The van der Waals surface area contributed by atoms with Crippen LogP contribution < -0.4 is 15.9 Å². The average molecular weight is 360 g/mol. The normalized spacial score (nSPS) is 11.3. The number of rotatable bonds is 6. The molecule has 2 amide bonds. The number of benzene rings is 1. The fraction of sp³-hybridized carbons (Fsp3) is 0.294. The van der Waals surface area contributed by atoms with Gasteiger partial charge in [0.05, 0.1) is 17.6 Å². The standard InChI is InChI=1S/C17H20N4O5/c1-5-26-16(24)12(15(23)18-10-22)9-19(2)11-6-7-13-14(8-11)21(4)17(25)20(13)3/h6-10H,5H2,1-4H3,(H,18,22,23)/b12-9+. The lowest BCUT2D eigenvalue weighted by molar-refractivity contribution is -0.140. The van der Waals surface area contributed by atoms with Crippen molar-refractivity contribution in [2.45, 2.75) is 6.92 Å². The number of hydrogen-bond acceptors (Lipinski definition) is 6. The Labute approximate surface area is 149 Å². The molecular weight excluding hydrogens is 340 g/mol. The quantitative estimate of drug-likeness (QED) is 0.256. The Morgan fingerprint density at radius 2 is 1.88 bits per heavy atom. The lowest BCUT2D eigenvalue weighted by Gasteiger charge is -2.16. The second kappa shape index (κ2) is 7.68. The van der Waals surface area contributed by atoms with Crippen molar-refractivity contribution in [1.29, 1.82) is 0 Å². The maximum atomic E-state index is 12.0. The van der Waals surface area contributed by atoms with Crippen molar-refractivity contribution in [3.05, 3.63) is 40.5 Å². The van der Waals surface area contributed by atoms with Crippen LogP contribution in [0.3, 0.4) is 0 Å². The number of aryl methyl sites for hydroxylation is 2. The maximum Gasteiger partial charge on any atom is 0.345 e. The summed E-state index contributed by atoms with van der Waals surface area (Å²) < 4.78 is 7.88. The number of aromatic nitrogens is 2. The van der Waals surface area contributed by atoms with Crippen molar-refractivity contribution in [3.8, 4) is 0 Å². The molecule has 138 valence electrons. The fourth-order valence-corrected chi connectivity index (χ4v) is 2.53. The van der Waals surface area contributed by atoms with Gasteiger partial charge in [0.2, 0.25) is 6.41 Å². The molecule has 2 rings (SSSR count). The summed E-state index contributed by atoms with van der Waals surface area (Å²) in [6.07, 6.45) is 1.47. The third-order valence-electron chi connectivity index (χ3n) is 3.92. The van der Waals surface area contributed by atoms with Gasteiger partial charge in [-0.1, -0.05) is 0 Å². The smallest absolute Gasteiger partial charge is 0.345 e. The largest absolute Gasteiger partial charge is 0.462 e. The molecule has 1 heterocycles. The van der Waals surface area contributed by atoms with E-state index in [2.05, 4.69) is 0 Å². The van der Waals surface area contributed by atoms with Crippen LogP contribution >= 0.6 is 0 Å². The molecule has 9 heteroatoms. The minimum Gasteiger partial charge on any atom is -0.462 e. The summed E-state index contributed by atoms with van der Waals surface area (Å²) in [5.74, 6) is -1.70. The van der Waals surface area contributed by atoms with Gasteiger partial charge in [0.15, 0.2) is 0 Å². The second-order valence-electron chi connectivity index (χ2n) is 5.54. The van der Waals surface area contributed by atoms with Gasteiger partial charge in [-0.15, -0.1) is 0 Å². The van der Waals surface area contributed by atoms with E-state index in [0.29, 0.717) is 11.2 Å². The molecule has 0 aliphatic heterocycles. The summed E-state index contributed by atoms with van der Waals surface area (Å²) in [6, 6.07) is 5.28. The van der Waals surface area contributed by atoms with Crippen LogP contribution in [0.2, 0.25) is 0 Å². The van der Waals surface area contributed by atoms with E-state index in [9.17, 15) is 19.2 Å². The van der Waals surface area contributed by atoms with E-state index in [-0.39, 0.29) is 24.3 Å². The predicted molar refractivity (Wildman–Crippen MR) is 95.5 cm³/mol. The van der Waals surface area contributed by atoms with Gasteiger partial charge in [0, 0.05) is 33.0 Å². The van der Waals surface area contributed by atoms with Crippen molar-refractivity contribution in [2.75, 3.05) is 18.6 Å². The van der Waals surface area contributed by atoms with Crippen LogP contribution in [0.1, 0.15) is 6.92 Å². The molecule has 0 aliphatic rings. The van der Waals surface area contributed by atoms with E-state index in [1.807, 2.05) is 5.32 Å². The zero-order chi connectivity index (χ0) is 19.4. The molecular formula is C17H20N4O5. The minimum atomic E-state index is -0.863. The molecule has 0 atom stereocenters. The zero-order valence-corrected chi connectivity index (χ0v) is 15.0. The van der Waals surface area contributed by atoms with Crippen LogP contribution in [0.15, 0.2) is 34.8 Å². The molecule has 1 aromatic heterocycles. The first kappa shape index (κ1) is 19.0. The molecule has 0 aliphatic carbocycles. The highest BCUT2D eigenvalue weighted by atomic mass is 16.5. The summed E-state index contributed by atoms with van der Waals surface area (Å²) in [6.45, 7) is 1.70. The number of carbonyl (C=O) groups excluding carboxylic acids is 3. The van der Waals surface area contributed by atoms with Gasteiger partial charge in [-0.05, 0) is 25.1 Å². The molecule has 0 saturated carbocycles. The van der Waals surface area contributed by atoms with Gasteiger partial charge >= 0.3 is 11.7 Å². The highest BCUT2D eigenvalue weighted by molar-refractivity contribution is 6.18. The first-order valence-corrected chi connectivity index (χ1v) is 7.83. The Morgan fingerprint density at radius 3 is 2.50 bits per heavy atom. The van der Waals surface area contributed by atoms with E-state index < -0.39 is 11.9 Å². The molecule has 2 aromatic rings. The third kappa shape index (κ3) is 3.51. The molecule has 0 saturated heterocycles. The summed E-state index contributed by atoms with van der Waals surface area (Å²) in [5, 5.41) is 1.93. The molecule has 1 aromatic carbocycles. The van der Waals surface area contributed by atoms with Gasteiger partial charge in [-0.3, -0.25) is 24.0 Å². The Kier molecular flexibility index (Phi) is 5.61. The molecule has 0 bridgehead atoms. The lowest BCUT2D eigenvalue weighted by atomic mass is 10.2. The van der Waals surface area contributed by atoms with Crippen LogP contribution in [0, 0.1) is 0 Å². The van der Waals surface area contributed by atoms with Gasteiger partial charge < -0.3 is 9.64 Å². The SMILES string of the molecule is CCOC(=O)/C(=C/N(C)c1ccc2c(c1)n(C)c(=O)n2C)C(=O)NC=O. The molecule has 1 N–H and O–H groups in total. The Hall–Kier alpha value is -3.36. The van der Waals surface area contributed by atoms with Gasteiger partial charge in [-0.25, -0.2) is 9.59 Å². The molecule has 9 nitrogen and oxygen atoms in total. The van der Waals surface area contributed by atoms with E-state index in [4.69, 9.17) is 4.74 Å². The highest BCUT2D eigenvalue weighted by Crippen LogP contribution is 2.21. The lowest BCUT2D eigenvalue weighted by Crippen LogP contribution is -2.30. The minimum absolute atomic E-state index is 0.0896.